The highest BCUT2D eigenvalue weighted by Gasteiger charge is 2.23. The number of benzene rings is 1. The van der Waals surface area contributed by atoms with Gasteiger partial charge in [-0.25, -0.2) is 4.98 Å². The van der Waals surface area contributed by atoms with E-state index in [1.165, 1.54) is 4.88 Å². The smallest absolute Gasteiger partial charge is 0.145 e. The fraction of sp³-hybridized carbons (Fsp3) is 0.412. The van der Waals surface area contributed by atoms with Gasteiger partial charge in [0.25, 0.3) is 0 Å². The number of hydrogen-bond acceptors (Lipinski definition) is 5. The van der Waals surface area contributed by atoms with Crippen LogP contribution in [0.25, 0.3) is 0 Å². The van der Waals surface area contributed by atoms with Gasteiger partial charge in [0.15, 0.2) is 0 Å². The average Bonchev–Trinajstić information content (AvgIpc) is 3.15. The maximum atomic E-state index is 5.59. The molecule has 3 rings (SSSR count). The molecule has 0 N–H and O–H groups in total. The minimum Gasteiger partial charge on any atom is -0.390 e. The molecule has 1 atom stereocenters. The van der Waals surface area contributed by atoms with E-state index in [1.807, 2.05) is 23.7 Å². The molecule has 1 aliphatic rings. The largest absolute Gasteiger partial charge is 0.390 e. The Morgan fingerprint density at radius 2 is 2.14 bits per heavy atom. The molecule has 0 saturated heterocycles. The Hall–Kier alpha value is -1.72. The quantitative estimate of drug-likeness (QED) is 0.822. The summed E-state index contributed by atoms with van der Waals surface area (Å²) < 4.78 is 0. The number of rotatable bonds is 6. The second kappa shape index (κ2) is 7.03. The lowest BCUT2D eigenvalue weighted by Crippen LogP contribution is -2.31. The molecule has 1 aromatic heterocycles. The highest BCUT2D eigenvalue weighted by Crippen LogP contribution is 2.18. The molecule has 2 aromatic rings. The molecule has 0 amide bonds. The van der Waals surface area contributed by atoms with Gasteiger partial charge in [0.2, 0.25) is 0 Å². The number of oxime groups is 1. The van der Waals surface area contributed by atoms with Crippen LogP contribution in [0.1, 0.15) is 22.6 Å². The van der Waals surface area contributed by atoms with Crippen molar-refractivity contribution in [2.24, 2.45) is 5.16 Å². The van der Waals surface area contributed by atoms with Crippen molar-refractivity contribution >= 4 is 17.0 Å². The maximum Gasteiger partial charge on any atom is 0.145 e. The van der Waals surface area contributed by atoms with Crippen LogP contribution in [0, 0.1) is 6.92 Å². The first-order chi connectivity index (χ1) is 10.7. The Morgan fingerprint density at radius 1 is 1.32 bits per heavy atom. The van der Waals surface area contributed by atoms with Crippen molar-refractivity contribution in [1.82, 2.24) is 9.88 Å². The number of nitrogens with zero attached hydrogens (tertiary/aromatic N) is 3. The van der Waals surface area contributed by atoms with E-state index in [4.69, 9.17) is 4.84 Å². The topological polar surface area (TPSA) is 37.7 Å². The summed E-state index contributed by atoms with van der Waals surface area (Å²) in [5, 5.41) is 4.25. The molecule has 116 valence electrons. The van der Waals surface area contributed by atoms with Crippen LogP contribution in [0.4, 0.5) is 0 Å². The van der Waals surface area contributed by atoms with Crippen LogP contribution >= 0.6 is 11.3 Å². The molecule has 0 spiro atoms. The average molecular weight is 315 g/mol. The first-order valence-corrected chi connectivity index (χ1v) is 8.46. The lowest BCUT2D eigenvalue weighted by atomic mass is 10.1. The summed E-state index contributed by atoms with van der Waals surface area (Å²) in [4.78, 5) is 13.6. The minimum absolute atomic E-state index is 0.155. The van der Waals surface area contributed by atoms with Gasteiger partial charge in [0, 0.05) is 24.4 Å². The van der Waals surface area contributed by atoms with E-state index in [0.717, 1.165) is 42.9 Å². The highest BCUT2D eigenvalue weighted by atomic mass is 32.1. The van der Waals surface area contributed by atoms with Crippen molar-refractivity contribution in [3.05, 3.63) is 52.0 Å². The van der Waals surface area contributed by atoms with Crippen LogP contribution < -0.4 is 0 Å². The molecule has 1 aromatic carbocycles. The summed E-state index contributed by atoms with van der Waals surface area (Å²) in [6.45, 7) is 3.99. The van der Waals surface area contributed by atoms with E-state index in [2.05, 4.69) is 41.1 Å². The van der Waals surface area contributed by atoms with Gasteiger partial charge in [-0.15, -0.1) is 11.3 Å². The Labute approximate surface area is 135 Å². The van der Waals surface area contributed by atoms with E-state index < -0.39 is 0 Å². The number of thiazole rings is 1. The molecular formula is C17H21N3OS. The molecule has 5 heteroatoms. The molecule has 0 aliphatic carbocycles. The van der Waals surface area contributed by atoms with Gasteiger partial charge >= 0.3 is 0 Å². The van der Waals surface area contributed by atoms with Crippen LogP contribution in [0.3, 0.4) is 0 Å². The van der Waals surface area contributed by atoms with Crippen molar-refractivity contribution in [1.29, 1.82) is 0 Å². The third-order valence-corrected chi connectivity index (χ3v) is 4.92. The van der Waals surface area contributed by atoms with Gasteiger partial charge in [0.1, 0.15) is 6.10 Å². The third kappa shape index (κ3) is 3.72. The lowest BCUT2D eigenvalue weighted by molar-refractivity contribution is 0.0597. The third-order valence-electron chi connectivity index (χ3n) is 3.92. The fourth-order valence-corrected chi connectivity index (χ4v) is 3.40. The summed E-state index contributed by atoms with van der Waals surface area (Å²) in [5.41, 5.74) is 5.29. The summed E-state index contributed by atoms with van der Waals surface area (Å²) in [7, 11) is 2.14. The van der Waals surface area contributed by atoms with E-state index in [-0.39, 0.29) is 6.10 Å². The number of hydrogen-bond donors (Lipinski definition) is 0. The predicted octanol–water partition coefficient (Wildman–Crippen LogP) is 3.12. The molecule has 1 aliphatic heterocycles. The van der Waals surface area contributed by atoms with E-state index in [1.54, 1.807) is 11.3 Å². The van der Waals surface area contributed by atoms with Gasteiger partial charge in [0.05, 0.1) is 16.9 Å². The Kier molecular flexibility index (Phi) is 4.85. The predicted molar refractivity (Wildman–Crippen MR) is 90.5 cm³/mol. The Balaban J connectivity index is 1.46. The van der Waals surface area contributed by atoms with Crippen molar-refractivity contribution in [2.45, 2.75) is 25.9 Å². The summed E-state index contributed by atoms with van der Waals surface area (Å²) in [6, 6.07) is 10.3. The maximum absolute atomic E-state index is 5.59. The molecule has 0 unspecified atom stereocenters. The van der Waals surface area contributed by atoms with Gasteiger partial charge in [-0.3, -0.25) is 0 Å². The van der Waals surface area contributed by atoms with Crippen molar-refractivity contribution in [3.8, 4) is 0 Å². The monoisotopic (exact) mass is 315 g/mol. The molecule has 0 radical (unpaired) electrons. The highest BCUT2D eigenvalue weighted by molar-refractivity contribution is 7.09. The molecule has 0 saturated carbocycles. The Bertz CT molecular complexity index is 638. The summed E-state index contributed by atoms with van der Waals surface area (Å²) in [6.07, 6.45) is 2.09. The van der Waals surface area contributed by atoms with E-state index in [0.29, 0.717) is 0 Å². The first kappa shape index (κ1) is 15.2. The van der Waals surface area contributed by atoms with Gasteiger partial charge in [-0.1, -0.05) is 35.5 Å². The van der Waals surface area contributed by atoms with Crippen LogP contribution in [0.15, 0.2) is 41.0 Å². The van der Waals surface area contributed by atoms with Crippen LogP contribution in [-0.2, 0) is 11.3 Å². The zero-order chi connectivity index (χ0) is 15.4. The van der Waals surface area contributed by atoms with Crippen molar-refractivity contribution < 1.29 is 4.84 Å². The lowest BCUT2D eigenvalue weighted by Gasteiger charge is -2.19. The summed E-state index contributed by atoms with van der Waals surface area (Å²) >= 11 is 1.74. The fourth-order valence-electron chi connectivity index (χ4n) is 2.62. The molecule has 2 heterocycles. The Morgan fingerprint density at radius 3 is 2.86 bits per heavy atom. The SMILES string of the molecule is Cc1ncsc1CCN(C)C[C@@H]1CC(c2ccccc2)=NO1. The van der Waals surface area contributed by atoms with Gasteiger partial charge in [-0.05, 0) is 26.0 Å². The van der Waals surface area contributed by atoms with E-state index >= 15 is 0 Å². The van der Waals surface area contributed by atoms with Crippen molar-refractivity contribution in [3.63, 3.8) is 0 Å². The molecule has 0 fully saturated rings. The zero-order valence-electron chi connectivity index (χ0n) is 13.0. The molecular weight excluding hydrogens is 294 g/mol. The van der Waals surface area contributed by atoms with Gasteiger partial charge < -0.3 is 9.74 Å². The van der Waals surface area contributed by atoms with Crippen LogP contribution in [0.5, 0.6) is 0 Å². The normalized spacial score (nSPS) is 17.6. The van der Waals surface area contributed by atoms with Crippen molar-refractivity contribution in [2.75, 3.05) is 20.1 Å². The standard InChI is InChI=1S/C17H21N3OS/c1-13-17(22-12-18-13)8-9-20(2)11-15-10-16(19-21-15)14-6-4-3-5-7-14/h3-7,12,15H,8-11H2,1-2H3/t15-/m0/s1. The summed E-state index contributed by atoms with van der Waals surface area (Å²) in [5.74, 6) is 0. The molecule has 4 nitrogen and oxygen atoms in total. The number of likely N-dealkylation sites (N-methyl/N-ethyl adjacent to an activating group) is 1. The van der Waals surface area contributed by atoms with Gasteiger partial charge in [-0.2, -0.15) is 0 Å². The zero-order valence-corrected chi connectivity index (χ0v) is 13.8. The van der Waals surface area contributed by atoms with Crippen LogP contribution in [-0.4, -0.2) is 41.8 Å². The minimum atomic E-state index is 0.155. The second-order valence-electron chi connectivity index (χ2n) is 5.71. The first-order valence-electron chi connectivity index (χ1n) is 7.58. The number of aromatic nitrogens is 1. The molecule has 22 heavy (non-hydrogen) atoms. The second-order valence-corrected chi connectivity index (χ2v) is 6.65. The van der Waals surface area contributed by atoms with Crippen LogP contribution in [0.2, 0.25) is 0 Å². The number of aryl methyl sites for hydroxylation is 1. The molecule has 0 bridgehead atoms. The van der Waals surface area contributed by atoms with E-state index in [9.17, 15) is 0 Å².